The molecule has 1 aromatic heterocycles. The number of hydrogen-bond donors (Lipinski definition) is 1. The lowest BCUT2D eigenvalue weighted by Crippen LogP contribution is -2.05. The molecular weight excluding hydrogens is 236 g/mol. The van der Waals surface area contributed by atoms with Crippen LogP contribution in [0.15, 0.2) is 0 Å². The van der Waals surface area contributed by atoms with Crippen molar-refractivity contribution in [3.05, 3.63) is 15.6 Å². The normalized spacial score (nSPS) is 13.4. The van der Waals surface area contributed by atoms with Gasteiger partial charge in [-0.15, -0.1) is 11.3 Å². The van der Waals surface area contributed by atoms with Gasteiger partial charge in [0.05, 0.1) is 5.69 Å². The molecule has 0 saturated heterocycles. The SMILES string of the molecule is CCCc1nc(CSC(C)C)sc1C(C)N. The Bertz CT molecular complexity index is 319. The zero-order valence-corrected chi connectivity index (χ0v) is 12.3. The Balaban J connectivity index is 2.75. The molecule has 0 spiro atoms. The lowest BCUT2D eigenvalue weighted by molar-refractivity contribution is 0.791. The Labute approximate surface area is 107 Å². The van der Waals surface area contributed by atoms with Crippen LogP contribution in [0, 0.1) is 0 Å². The molecule has 0 amide bonds. The van der Waals surface area contributed by atoms with Gasteiger partial charge in [0.15, 0.2) is 0 Å². The molecule has 1 unspecified atom stereocenters. The summed E-state index contributed by atoms with van der Waals surface area (Å²) < 4.78 is 0. The minimum absolute atomic E-state index is 0.122. The van der Waals surface area contributed by atoms with E-state index in [4.69, 9.17) is 10.7 Å². The number of nitrogens with two attached hydrogens (primary N) is 1. The van der Waals surface area contributed by atoms with Crippen LogP contribution >= 0.6 is 23.1 Å². The first-order valence-electron chi connectivity index (χ1n) is 5.90. The Morgan fingerprint density at radius 2 is 2.06 bits per heavy atom. The highest BCUT2D eigenvalue weighted by Gasteiger charge is 2.13. The monoisotopic (exact) mass is 258 g/mol. The second kappa shape index (κ2) is 6.62. The van der Waals surface area contributed by atoms with E-state index in [1.54, 1.807) is 11.3 Å². The molecule has 0 saturated carbocycles. The van der Waals surface area contributed by atoms with E-state index in [1.807, 2.05) is 18.7 Å². The maximum absolute atomic E-state index is 5.98. The van der Waals surface area contributed by atoms with Crippen LogP contribution in [0.4, 0.5) is 0 Å². The molecule has 16 heavy (non-hydrogen) atoms. The Hall–Kier alpha value is -0.0600. The largest absolute Gasteiger partial charge is 0.323 e. The van der Waals surface area contributed by atoms with Crippen LogP contribution in [-0.2, 0) is 12.2 Å². The van der Waals surface area contributed by atoms with Crippen LogP contribution in [0.5, 0.6) is 0 Å². The summed E-state index contributed by atoms with van der Waals surface area (Å²) in [6, 6.07) is 0.122. The summed E-state index contributed by atoms with van der Waals surface area (Å²) in [5, 5.41) is 1.90. The van der Waals surface area contributed by atoms with Gasteiger partial charge in [-0.2, -0.15) is 11.8 Å². The molecule has 0 fully saturated rings. The van der Waals surface area contributed by atoms with Gasteiger partial charge < -0.3 is 5.73 Å². The van der Waals surface area contributed by atoms with Crippen molar-refractivity contribution in [3.63, 3.8) is 0 Å². The lowest BCUT2D eigenvalue weighted by atomic mass is 10.2. The molecular formula is C12H22N2S2. The van der Waals surface area contributed by atoms with Gasteiger partial charge in [-0.1, -0.05) is 27.2 Å². The van der Waals surface area contributed by atoms with Gasteiger partial charge in [-0.3, -0.25) is 0 Å². The van der Waals surface area contributed by atoms with Crippen molar-refractivity contribution in [2.24, 2.45) is 5.73 Å². The number of thiazole rings is 1. The van der Waals surface area contributed by atoms with Gasteiger partial charge in [0.25, 0.3) is 0 Å². The van der Waals surface area contributed by atoms with Crippen molar-refractivity contribution >= 4 is 23.1 Å². The molecule has 0 aliphatic rings. The lowest BCUT2D eigenvalue weighted by Gasteiger charge is -2.03. The number of aromatic nitrogens is 1. The summed E-state index contributed by atoms with van der Waals surface area (Å²) in [4.78, 5) is 5.99. The summed E-state index contributed by atoms with van der Waals surface area (Å²) in [5.41, 5.74) is 7.20. The van der Waals surface area contributed by atoms with Gasteiger partial charge in [-0.25, -0.2) is 4.98 Å². The van der Waals surface area contributed by atoms with Crippen LogP contribution < -0.4 is 5.73 Å². The summed E-state index contributed by atoms with van der Waals surface area (Å²) in [6.45, 7) is 8.67. The van der Waals surface area contributed by atoms with Crippen molar-refractivity contribution in [2.75, 3.05) is 0 Å². The molecule has 1 aromatic rings. The second-order valence-electron chi connectivity index (χ2n) is 4.32. The molecule has 1 heterocycles. The predicted octanol–water partition coefficient (Wildman–Crippen LogP) is 3.76. The third-order valence-corrected chi connectivity index (χ3v) is 4.80. The standard InChI is InChI=1S/C12H22N2S2/c1-5-6-10-12(9(4)13)16-11(14-10)7-15-8(2)3/h8-9H,5-7,13H2,1-4H3. The molecule has 2 N–H and O–H groups in total. The first-order valence-corrected chi connectivity index (χ1v) is 7.76. The first kappa shape index (κ1) is 14.0. The van der Waals surface area contributed by atoms with Crippen LogP contribution in [0.3, 0.4) is 0 Å². The highest BCUT2D eigenvalue weighted by Crippen LogP contribution is 2.28. The Morgan fingerprint density at radius 1 is 1.38 bits per heavy atom. The third kappa shape index (κ3) is 4.07. The van der Waals surface area contributed by atoms with Crippen molar-refractivity contribution in [2.45, 2.75) is 57.6 Å². The van der Waals surface area contributed by atoms with Gasteiger partial charge >= 0.3 is 0 Å². The van der Waals surface area contributed by atoms with E-state index in [2.05, 4.69) is 20.8 Å². The van der Waals surface area contributed by atoms with Gasteiger partial charge in [-0.05, 0) is 18.6 Å². The van der Waals surface area contributed by atoms with Crippen molar-refractivity contribution in [1.29, 1.82) is 0 Å². The Kier molecular flexibility index (Phi) is 5.79. The summed E-state index contributed by atoms with van der Waals surface area (Å²) in [6.07, 6.45) is 2.19. The maximum atomic E-state index is 5.98. The minimum Gasteiger partial charge on any atom is -0.323 e. The zero-order chi connectivity index (χ0) is 12.1. The number of thioether (sulfide) groups is 1. The summed E-state index contributed by atoms with van der Waals surface area (Å²) in [5.74, 6) is 1.02. The molecule has 0 bridgehead atoms. The third-order valence-electron chi connectivity index (χ3n) is 2.21. The van der Waals surface area contributed by atoms with E-state index in [9.17, 15) is 0 Å². The quantitative estimate of drug-likeness (QED) is 0.844. The summed E-state index contributed by atoms with van der Waals surface area (Å²) >= 11 is 3.74. The van der Waals surface area contributed by atoms with Crippen LogP contribution in [0.1, 0.15) is 55.7 Å². The smallest absolute Gasteiger partial charge is 0.103 e. The van der Waals surface area contributed by atoms with Crippen LogP contribution in [0.2, 0.25) is 0 Å². The molecule has 0 aliphatic carbocycles. The van der Waals surface area contributed by atoms with E-state index < -0.39 is 0 Å². The Morgan fingerprint density at radius 3 is 2.56 bits per heavy atom. The van der Waals surface area contributed by atoms with E-state index in [1.165, 1.54) is 15.6 Å². The van der Waals surface area contributed by atoms with Crippen LogP contribution in [0.25, 0.3) is 0 Å². The molecule has 0 radical (unpaired) electrons. The fraction of sp³-hybridized carbons (Fsp3) is 0.750. The minimum atomic E-state index is 0.122. The van der Waals surface area contributed by atoms with E-state index in [-0.39, 0.29) is 6.04 Å². The second-order valence-corrected chi connectivity index (χ2v) is 7.00. The fourth-order valence-corrected chi connectivity index (χ4v) is 3.33. The molecule has 1 atom stereocenters. The zero-order valence-electron chi connectivity index (χ0n) is 10.6. The van der Waals surface area contributed by atoms with E-state index in [0.717, 1.165) is 18.6 Å². The topological polar surface area (TPSA) is 38.9 Å². The van der Waals surface area contributed by atoms with Crippen LogP contribution in [-0.4, -0.2) is 10.2 Å². The fourth-order valence-electron chi connectivity index (χ4n) is 1.49. The maximum Gasteiger partial charge on any atom is 0.103 e. The average molecular weight is 258 g/mol. The van der Waals surface area contributed by atoms with Crippen molar-refractivity contribution in [1.82, 2.24) is 4.98 Å². The number of rotatable bonds is 6. The first-order chi connectivity index (χ1) is 7.54. The van der Waals surface area contributed by atoms with Gasteiger partial charge in [0.1, 0.15) is 5.01 Å². The van der Waals surface area contributed by atoms with Gasteiger partial charge in [0, 0.05) is 16.7 Å². The molecule has 1 rings (SSSR count). The van der Waals surface area contributed by atoms with Crippen molar-refractivity contribution < 1.29 is 0 Å². The molecule has 0 aliphatic heterocycles. The predicted molar refractivity (Wildman–Crippen MR) is 75.1 cm³/mol. The number of aryl methyl sites for hydroxylation is 1. The number of nitrogens with zero attached hydrogens (tertiary/aromatic N) is 1. The van der Waals surface area contributed by atoms with Gasteiger partial charge in [0.2, 0.25) is 0 Å². The molecule has 2 nitrogen and oxygen atoms in total. The number of hydrogen-bond acceptors (Lipinski definition) is 4. The highest BCUT2D eigenvalue weighted by molar-refractivity contribution is 7.99. The van der Waals surface area contributed by atoms with E-state index >= 15 is 0 Å². The summed E-state index contributed by atoms with van der Waals surface area (Å²) in [7, 11) is 0. The van der Waals surface area contributed by atoms with Crippen molar-refractivity contribution in [3.8, 4) is 0 Å². The molecule has 4 heteroatoms. The molecule has 92 valence electrons. The van der Waals surface area contributed by atoms with E-state index in [0.29, 0.717) is 5.25 Å². The average Bonchev–Trinajstić information content (AvgIpc) is 2.59. The highest BCUT2D eigenvalue weighted by atomic mass is 32.2. The molecule has 0 aromatic carbocycles.